The molecule has 0 aliphatic rings. The Kier molecular flexibility index (Phi) is 5.44. The van der Waals surface area contributed by atoms with Gasteiger partial charge < -0.3 is 9.73 Å². The maximum Gasteiger partial charge on any atom is 0.151 e. The predicted molar refractivity (Wildman–Crippen MR) is 89.0 cm³/mol. The van der Waals surface area contributed by atoms with Gasteiger partial charge in [0.15, 0.2) is 5.58 Å². The van der Waals surface area contributed by atoms with Crippen molar-refractivity contribution in [1.82, 2.24) is 5.32 Å². The fraction of sp³-hybridized carbons (Fsp3) is 0.529. The van der Waals surface area contributed by atoms with Crippen molar-refractivity contribution in [2.75, 3.05) is 6.54 Å². The van der Waals surface area contributed by atoms with Crippen molar-refractivity contribution in [3.8, 4) is 0 Å². The van der Waals surface area contributed by atoms with E-state index in [2.05, 4.69) is 48.9 Å². The highest BCUT2D eigenvalue weighted by Gasteiger charge is 2.20. The third-order valence-corrected chi connectivity index (χ3v) is 4.00. The summed E-state index contributed by atoms with van der Waals surface area (Å²) in [6.45, 7) is 10.2. The van der Waals surface area contributed by atoms with Crippen molar-refractivity contribution in [1.29, 1.82) is 0 Å². The van der Waals surface area contributed by atoms with Gasteiger partial charge in [-0.3, -0.25) is 0 Å². The van der Waals surface area contributed by atoms with Crippen LogP contribution < -0.4 is 5.32 Å². The van der Waals surface area contributed by atoms with Gasteiger partial charge >= 0.3 is 0 Å². The first kappa shape index (κ1) is 16.5. The molecular weight excluding hydrogens is 333 g/mol. The number of rotatable bonds is 6. The van der Waals surface area contributed by atoms with Crippen LogP contribution in [0.3, 0.4) is 0 Å². The van der Waals surface area contributed by atoms with Crippen molar-refractivity contribution in [2.45, 2.75) is 40.7 Å². The van der Waals surface area contributed by atoms with Crippen LogP contribution in [0.1, 0.15) is 39.0 Å². The normalized spacial score (nSPS) is 12.0. The van der Waals surface area contributed by atoms with Crippen LogP contribution in [-0.2, 0) is 13.0 Å². The molecule has 0 amide bonds. The van der Waals surface area contributed by atoms with Crippen LogP contribution in [0.15, 0.2) is 21.0 Å². The van der Waals surface area contributed by atoms with E-state index in [9.17, 15) is 4.39 Å². The Labute approximate surface area is 134 Å². The zero-order valence-corrected chi connectivity index (χ0v) is 14.7. The van der Waals surface area contributed by atoms with Gasteiger partial charge in [-0.2, -0.15) is 0 Å². The second kappa shape index (κ2) is 6.93. The summed E-state index contributed by atoms with van der Waals surface area (Å²) < 4.78 is 21.0. The summed E-state index contributed by atoms with van der Waals surface area (Å²) >= 11 is 3.46. The number of hydrogen-bond donors (Lipinski definition) is 1. The van der Waals surface area contributed by atoms with E-state index in [4.69, 9.17) is 4.42 Å². The number of halogens is 2. The van der Waals surface area contributed by atoms with E-state index in [0.717, 1.165) is 28.8 Å². The third kappa shape index (κ3) is 3.86. The van der Waals surface area contributed by atoms with Gasteiger partial charge in [-0.1, -0.05) is 27.7 Å². The highest BCUT2D eigenvalue weighted by atomic mass is 79.9. The minimum atomic E-state index is -0.206. The quantitative estimate of drug-likeness (QED) is 0.762. The molecule has 4 heteroatoms. The molecule has 2 nitrogen and oxygen atoms in total. The first-order valence-electron chi connectivity index (χ1n) is 7.49. The maximum absolute atomic E-state index is 14.2. The average Bonchev–Trinajstić information content (AvgIpc) is 2.73. The molecule has 0 fully saturated rings. The molecule has 0 radical (unpaired) electrons. The Morgan fingerprint density at radius 2 is 1.90 bits per heavy atom. The number of benzene rings is 1. The predicted octanol–water partition coefficient (Wildman–Crippen LogP) is 5.28. The molecule has 2 rings (SSSR count). The minimum absolute atomic E-state index is 0.206. The van der Waals surface area contributed by atoms with E-state index >= 15 is 0 Å². The monoisotopic (exact) mass is 355 g/mol. The summed E-state index contributed by atoms with van der Waals surface area (Å²) in [4.78, 5) is 0. The number of hydrogen-bond acceptors (Lipinski definition) is 2. The molecule has 21 heavy (non-hydrogen) atoms. The average molecular weight is 356 g/mol. The zero-order valence-electron chi connectivity index (χ0n) is 13.1. The van der Waals surface area contributed by atoms with Crippen LogP contribution in [0.2, 0.25) is 0 Å². The smallest absolute Gasteiger partial charge is 0.151 e. The number of fused-ring (bicyclic) bond motifs is 1. The van der Waals surface area contributed by atoms with E-state index in [0.29, 0.717) is 29.3 Å². The topological polar surface area (TPSA) is 25.2 Å². The molecule has 1 heterocycles. The van der Waals surface area contributed by atoms with E-state index in [-0.39, 0.29) is 5.82 Å². The molecular formula is C17H23BrFNO. The second-order valence-corrected chi connectivity index (χ2v) is 7.21. The molecule has 0 bridgehead atoms. The van der Waals surface area contributed by atoms with Crippen molar-refractivity contribution in [3.05, 3.63) is 33.7 Å². The lowest BCUT2D eigenvalue weighted by Crippen LogP contribution is -2.19. The fourth-order valence-electron chi connectivity index (χ4n) is 2.48. The Bertz CT molecular complexity index is 619. The van der Waals surface area contributed by atoms with Crippen LogP contribution in [0.25, 0.3) is 11.0 Å². The zero-order chi connectivity index (χ0) is 15.6. The Morgan fingerprint density at radius 1 is 1.19 bits per heavy atom. The van der Waals surface area contributed by atoms with Crippen LogP contribution in [-0.4, -0.2) is 6.54 Å². The highest BCUT2D eigenvalue weighted by molar-refractivity contribution is 9.10. The first-order valence-corrected chi connectivity index (χ1v) is 8.28. The SMILES string of the molecule is CC(C)CNCc1oc2c(Br)ccc(F)c2c1CC(C)C. The summed E-state index contributed by atoms with van der Waals surface area (Å²) in [5.74, 6) is 1.67. The largest absolute Gasteiger partial charge is 0.458 e. The molecule has 0 saturated heterocycles. The van der Waals surface area contributed by atoms with E-state index in [1.54, 1.807) is 6.07 Å². The van der Waals surface area contributed by atoms with Gasteiger partial charge in [0, 0.05) is 5.56 Å². The Balaban J connectivity index is 2.42. The summed E-state index contributed by atoms with van der Waals surface area (Å²) in [6, 6.07) is 3.20. The van der Waals surface area contributed by atoms with Crippen LogP contribution in [0.5, 0.6) is 0 Å². The van der Waals surface area contributed by atoms with Gasteiger partial charge in [-0.05, 0) is 52.9 Å². The molecule has 0 saturated carbocycles. The summed E-state index contributed by atoms with van der Waals surface area (Å²) in [5, 5.41) is 4.01. The molecule has 116 valence electrons. The molecule has 0 atom stereocenters. The van der Waals surface area contributed by atoms with Crippen molar-refractivity contribution in [3.63, 3.8) is 0 Å². The Morgan fingerprint density at radius 3 is 2.52 bits per heavy atom. The standard InChI is InChI=1S/C17H23BrFNO/c1-10(2)7-12-15(9-20-8-11(3)4)21-17-13(18)5-6-14(19)16(12)17/h5-6,10-11,20H,7-9H2,1-4H3. The van der Waals surface area contributed by atoms with Crippen LogP contribution in [0.4, 0.5) is 4.39 Å². The minimum Gasteiger partial charge on any atom is -0.458 e. The molecule has 0 unspecified atom stereocenters. The summed E-state index contributed by atoms with van der Waals surface area (Å²) in [5.41, 5.74) is 1.61. The lowest BCUT2D eigenvalue weighted by Gasteiger charge is -2.09. The highest BCUT2D eigenvalue weighted by Crippen LogP contribution is 2.34. The summed E-state index contributed by atoms with van der Waals surface area (Å²) in [7, 11) is 0. The summed E-state index contributed by atoms with van der Waals surface area (Å²) in [6.07, 6.45) is 0.819. The van der Waals surface area contributed by atoms with Gasteiger partial charge in [0.05, 0.1) is 16.4 Å². The Hall–Kier alpha value is -0.870. The van der Waals surface area contributed by atoms with Gasteiger partial charge in [0.2, 0.25) is 0 Å². The van der Waals surface area contributed by atoms with Crippen molar-refractivity contribution < 1.29 is 8.81 Å². The second-order valence-electron chi connectivity index (χ2n) is 6.36. The molecule has 0 aliphatic heterocycles. The van der Waals surface area contributed by atoms with E-state index in [1.165, 1.54) is 6.07 Å². The van der Waals surface area contributed by atoms with Gasteiger partial charge in [0.1, 0.15) is 11.6 Å². The van der Waals surface area contributed by atoms with Gasteiger partial charge in [-0.25, -0.2) is 4.39 Å². The molecule has 0 spiro atoms. The molecule has 1 aromatic heterocycles. The van der Waals surface area contributed by atoms with E-state index in [1.807, 2.05) is 0 Å². The lowest BCUT2D eigenvalue weighted by atomic mass is 9.99. The third-order valence-electron chi connectivity index (χ3n) is 3.37. The molecule has 2 aromatic rings. The first-order chi connectivity index (χ1) is 9.90. The van der Waals surface area contributed by atoms with E-state index < -0.39 is 0 Å². The molecule has 0 aliphatic carbocycles. The number of furan rings is 1. The fourth-order valence-corrected chi connectivity index (χ4v) is 2.89. The lowest BCUT2D eigenvalue weighted by molar-refractivity contribution is 0.476. The van der Waals surface area contributed by atoms with Crippen molar-refractivity contribution >= 4 is 26.9 Å². The van der Waals surface area contributed by atoms with Crippen LogP contribution in [0, 0.1) is 17.7 Å². The molecule has 1 N–H and O–H groups in total. The molecule has 1 aromatic carbocycles. The van der Waals surface area contributed by atoms with Crippen molar-refractivity contribution in [2.24, 2.45) is 11.8 Å². The number of nitrogens with one attached hydrogen (secondary N) is 1. The maximum atomic E-state index is 14.2. The van der Waals surface area contributed by atoms with Gasteiger partial charge in [-0.15, -0.1) is 0 Å². The van der Waals surface area contributed by atoms with Crippen LogP contribution >= 0.6 is 15.9 Å². The van der Waals surface area contributed by atoms with Gasteiger partial charge in [0.25, 0.3) is 0 Å².